The Kier molecular flexibility index (Phi) is 3.16. The van der Waals surface area contributed by atoms with Crippen LogP contribution in [0.15, 0.2) is 24.5 Å². The molecule has 1 aliphatic carbocycles. The van der Waals surface area contributed by atoms with Gasteiger partial charge in [-0.05, 0) is 37.0 Å². The van der Waals surface area contributed by atoms with Crippen LogP contribution in [-0.4, -0.2) is 27.8 Å². The van der Waals surface area contributed by atoms with Crippen molar-refractivity contribution >= 4 is 11.9 Å². The zero-order valence-corrected chi connectivity index (χ0v) is 12.4. The van der Waals surface area contributed by atoms with E-state index in [4.69, 9.17) is 4.74 Å². The number of hydrogen-bond donors (Lipinski definition) is 1. The Morgan fingerprint density at radius 1 is 1.43 bits per heavy atom. The van der Waals surface area contributed by atoms with E-state index in [1.165, 1.54) is 0 Å². The molecule has 0 bridgehead atoms. The van der Waals surface area contributed by atoms with Crippen molar-refractivity contribution in [1.82, 2.24) is 14.8 Å². The quantitative estimate of drug-likeness (QED) is 0.930. The average molecular weight is 286 g/mol. The highest BCUT2D eigenvalue weighted by Crippen LogP contribution is 2.49. The molecule has 1 aliphatic rings. The zero-order chi connectivity index (χ0) is 15.0. The summed E-state index contributed by atoms with van der Waals surface area (Å²) in [6.07, 6.45) is 3.23. The number of ether oxygens (including phenoxy) is 1. The van der Waals surface area contributed by atoms with Gasteiger partial charge in [0.15, 0.2) is 0 Å². The number of aryl methyl sites for hydroxylation is 2. The van der Waals surface area contributed by atoms with Crippen LogP contribution in [0.2, 0.25) is 0 Å². The van der Waals surface area contributed by atoms with Crippen LogP contribution in [0.25, 0.3) is 0 Å². The fourth-order valence-electron chi connectivity index (χ4n) is 2.51. The molecule has 1 N–H and O–H groups in total. The molecule has 3 rings (SSSR count). The van der Waals surface area contributed by atoms with E-state index in [-0.39, 0.29) is 5.91 Å². The number of aromatic nitrogens is 3. The first kappa shape index (κ1) is 13.6. The number of methoxy groups -OCH3 is 1. The lowest BCUT2D eigenvalue weighted by atomic mass is 9.93. The van der Waals surface area contributed by atoms with Gasteiger partial charge in [-0.25, -0.2) is 0 Å². The molecule has 6 heteroatoms. The lowest BCUT2D eigenvalue weighted by molar-refractivity contribution is -0.118. The number of anilines is 1. The fraction of sp³-hybridized carbons (Fsp3) is 0.400. The van der Waals surface area contributed by atoms with Crippen molar-refractivity contribution in [3.63, 3.8) is 0 Å². The van der Waals surface area contributed by atoms with Crippen molar-refractivity contribution in [1.29, 1.82) is 0 Å². The maximum absolute atomic E-state index is 12.6. The Morgan fingerprint density at radius 3 is 2.76 bits per heavy atom. The van der Waals surface area contributed by atoms with E-state index >= 15 is 0 Å². The van der Waals surface area contributed by atoms with Crippen LogP contribution in [0, 0.1) is 6.92 Å². The molecule has 0 unspecified atom stereocenters. The van der Waals surface area contributed by atoms with E-state index < -0.39 is 5.41 Å². The normalized spacial score (nSPS) is 15.6. The van der Waals surface area contributed by atoms with E-state index in [1.807, 2.05) is 25.1 Å². The number of nitrogens with zero attached hydrogens (tertiary/aromatic N) is 3. The highest BCUT2D eigenvalue weighted by molar-refractivity contribution is 6.00. The van der Waals surface area contributed by atoms with E-state index in [0.717, 1.165) is 29.7 Å². The summed E-state index contributed by atoms with van der Waals surface area (Å²) >= 11 is 0. The SMILES string of the molecule is COc1cc(C2(C(=O)Nc3nncn3C)CC2)ccc1C. The van der Waals surface area contributed by atoms with Crippen LogP contribution in [0.3, 0.4) is 0 Å². The topological polar surface area (TPSA) is 69.0 Å². The zero-order valence-electron chi connectivity index (χ0n) is 12.4. The molecular weight excluding hydrogens is 268 g/mol. The fourth-order valence-corrected chi connectivity index (χ4v) is 2.51. The minimum Gasteiger partial charge on any atom is -0.496 e. The second kappa shape index (κ2) is 4.87. The second-order valence-electron chi connectivity index (χ2n) is 5.49. The second-order valence-corrected chi connectivity index (χ2v) is 5.49. The van der Waals surface area contributed by atoms with Gasteiger partial charge in [0, 0.05) is 7.05 Å². The summed E-state index contributed by atoms with van der Waals surface area (Å²) in [4.78, 5) is 12.6. The van der Waals surface area contributed by atoms with Crippen LogP contribution in [0.1, 0.15) is 24.0 Å². The highest BCUT2D eigenvalue weighted by Gasteiger charge is 2.51. The lowest BCUT2D eigenvalue weighted by Gasteiger charge is -2.17. The van der Waals surface area contributed by atoms with Crippen LogP contribution in [0.5, 0.6) is 5.75 Å². The molecule has 0 radical (unpaired) electrons. The molecule has 1 saturated carbocycles. The van der Waals surface area contributed by atoms with Gasteiger partial charge < -0.3 is 9.30 Å². The number of benzene rings is 1. The predicted molar refractivity (Wildman–Crippen MR) is 78.3 cm³/mol. The van der Waals surface area contributed by atoms with Gasteiger partial charge in [0.1, 0.15) is 12.1 Å². The Morgan fingerprint density at radius 2 is 2.19 bits per heavy atom. The maximum Gasteiger partial charge on any atom is 0.237 e. The van der Waals surface area contributed by atoms with E-state index in [9.17, 15) is 4.79 Å². The van der Waals surface area contributed by atoms with Crippen molar-refractivity contribution < 1.29 is 9.53 Å². The molecule has 0 atom stereocenters. The number of amides is 1. The van der Waals surface area contributed by atoms with Gasteiger partial charge in [-0.15, -0.1) is 10.2 Å². The molecule has 1 aromatic heterocycles. The van der Waals surface area contributed by atoms with E-state index in [2.05, 4.69) is 15.5 Å². The summed E-state index contributed by atoms with van der Waals surface area (Å²) in [5, 5.41) is 10.5. The van der Waals surface area contributed by atoms with Crippen LogP contribution >= 0.6 is 0 Å². The summed E-state index contributed by atoms with van der Waals surface area (Å²) in [5.41, 5.74) is 1.59. The van der Waals surface area contributed by atoms with Crippen LogP contribution in [-0.2, 0) is 17.3 Å². The van der Waals surface area contributed by atoms with Gasteiger partial charge in [-0.2, -0.15) is 0 Å². The molecule has 0 aliphatic heterocycles. The van der Waals surface area contributed by atoms with Crippen molar-refractivity contribution in [3.8, 4) is 5.75 Å². The van der Waals surface area contributed by atoms with Gasteiger partial charge in [-0.3, -0.25) is 10.1 Å². The van der Waals surface area contributed by atoms with Gasteiger partial charge in [0.05, 0.1) is 12.5 Å². The third-order valence-corrected chi connectivity index (χ3v) is 4.08. The molecule has 2 aromatic rings. The van der Waals surface area contributed by atoms with Crippen molar-refractivity contribution in [3.05, 3.63) is 35.7 Å². The number of carbonyl (C=O) groups excluding carboxylic acids is 1. The number of nitrogens with one attached hydrogen (secondary N) is 1. The third kappa shape index (κ3) is 2.26. The largest absolute Gasteiger partial charge is 0.496 e. The molecule has 1 fully saturated rings. The number of hydrogen-bond acceptors (Lipinski definition) is 4. The van der Waals surface area contributed by atoms with Crippen LogP contribution in [0.4, 0.5) is 5.95 Å². The Labute approximate surface area is 123 Å². The average Bonchev–Trinajstić information content (AvgIpc) is 3.20. The minimum absolute atomic E-state index is 0.0375. The molecule has 21 heavy (non-hydrogen) atoms. The van der Waals surface area contributed by atoms with Crippen molar-refractivity contribution in [2.24, 2.45) is 7.05 Å². The summed E-state index contributed by atoms with van der Waals surface area (Å²) in [6, 6.07) is 5.95. The first-order valence-electron chi connectivity index (χ1n) is 6.87. The summed E-state index contributed by atoms with van der Waals surface area (Å²) < 4.78 is 7.04. The number of rotatable bonds is 4. The lowest BCUT2D eigenvalue weighted by Crippen LogP contribution is -2.29. The smallest absolute Gasteiger partial charge is 0.237 e. The summed E-state index contributed by atoms with van der Waals surface area (Å²) in [6.45, 7) is 1.99. The molecule has 1 amide bonds. The molecule has 0 spiro atoms. The standard InChI is InChI=1S/C15H18N4O2/c1-10-4-5-11(8-12(10)21-3)15(6-7-15)13(20)17-14-18-16-9-19(14)2/h4-5,8-9H,6-7H2,1-3H3,(H,17,18,20). The van der Waals surface area contributed by atoms with Gasteiger partial charge in [-0.1, -0.05) is 12.1 Å². The Balaban J connectivity index is 1.87. The van der Waals surface area contributed by atoms with Crippen molar-refractivity contribution in [2.75, 3.05) is 12.4 Å². The van der Waals surface area contributed by atoms with E-state index in [1.54, 1.807) is 25.1 Å². The third-order valence-electron chi connectivity index (χ3n) is 4.08. The summed E-state index contributed by atoms with van der Waals surface area (Å²) in [5.74, 6) is 1.24. The summed E-state index contributed by atoms with van der Waals surface area (Å²) in [7, 11) is 3.44. The highest BCUT2D eigenvalue weighted by atomic mass is 16.5. The Hall–Kier alpha value is -2.37. The minimum atomic E-state index is -0.465. The molecular formula is C15H18N4O2. The Bertz CT molecular complexity index is 689. The first-order valence-corrected chi connectivity index (χ1v) is 6.87. The van der Waals surface area contributed by atoms with Gasteiger partial charge in [0.25, 0.3) is 0 Å². The maximum atomic E-state index is 12.6. The molecule has 110 valence electrons. The van der Waals surface area contributed by atoms with Gasteiger partial charge in [0.2, 0.25) is 11.9 Å². The molecule has 1 aromatic carbocycles. The molecule has 0 saturated heterocycles. The first-order chi connectivity index (χ1) is 10.1. The van der Waals surface area contributed by atoms with Crippen molar-refractivity contribution in [2.45, 2.75) is 25.2 Å². The monoisotopic (exact) mass is 286 g/mol. The van der Waals surface area contributed by atoms with Gasteiger partial charge >= 0.3 is 0 Å². The van der Waals surface area contributed by atoms with E-state index in [0.29, 0.717) is 5.95 Å². The molecule has 6 nitrogen and oxygen atoms in total. The number of carbonyl (C=O) groups is 1. The molecule has 1 heterocycles. The predicted octanol–water partition coefficient (Wildman–Crippen LogP) is 1.80. The van der Waals surface area contributed by atoms with Crippen LogP contribution < -0.4 is 10.1 Å².